The maximum absolute atomic E-state index is 12.9. The van der Waals surface area contributed by atoms with Crippen LogP contribution in [0.15, 0.2) is 18.2 Å². The molecule has 10 heteroatoms. The van der Waals surface area contributed by atoms with E-state index in [-0.39, 0.29) is 27.6 Å². The van der Waals surface area contributed by atoms with E-state index in [9.17, 15) is 21.6 Å². The Labute approximate surface area is 134 Å². The number of sulfone groups is 1. The van der Waals surface area contributed by atoms with Gasteiger partial charge in [0.2, 0.25) is 0 Å². The Bertz CT molecular complexity index is 751. The average Bonchev–Trinajstić information content (AvgIpc) is 2.79. The number of nitrogens with zero attached hydrogens (tertiary/aromatic N) is 1. The fourth-order valence-electron chi connectivity index (χ4n) is 2.69. The number of anilines is 1. The number of hydrogen-bond acceptors (Lipinski definition) is 4. The number of rotatable bonds is 1. The van der Waals surface area contributed by atoms with Gasteiger partial charge in [0.25, 0.3) is 0 Å². The Morgan fingerprint density at radius 3 is 2.64 bits per heavy atom. The third-order valence-electron chi connectivity index (χ3n) is 3.62. The number of thioether (sulfide) groups is 1. The van der Waals surface area contributed by atoms with E-state index < -0.39 is 32.6 Å². The molecule has 120 valence electrons. The minimum atomic E-state index is -4.61. The standard InChI is InChI=1S/C12H10ClF3N2O2S2/c13-8-2-1-6(3-7(8)12(14,15)16)18-9-4-22(19,20)5-10(9)21-11(18)17/h1-3,9-10,17H,4-5H2/t9-,10+/m0/s1. The van der Waals surface area contributed by atoms with E-state index >= 15 is 0 Å². The summed E-state index contributed by atoms with van der Waals surface area (Å²) in [6, 6.07) is 2.85. The van der Waals surface area contributed by atoms with Gasteiger partial charge in [0, 0.05) is 10.9 Å². The zero-order chi connectivity index (χ0) is 16.3. The van der Waals surface area contributed by atoms with Crippen molar-refractivity contribution in [3.8, 4) is 0 Å². The second kappa shape index (κ2) is 5.04. The molecule has 2 heterocycles. The van der Waals surface area contributed by atoms with Crippen molar-refractivity contribution in [1.29, 1.82) is 5.41 Å². The van der Waals surface area contributed by atoms with Crippen LogP contribution < -0.4 is 4.90 Å². The third-order valence-corrected chi connectivity index (χ3v) is 7.08. The second-order valence-electron chi connectivity index (χ2n) is 5.14. The van der Waals surface area contributed by atoms with Crippen molar-refractivity contribution in [3.63, 3.8) is 0 Å². The van der Waals surface area contributed by atoms with Crippen LogP contribution in [-0.2, 0) is 16.0 Å². The van der Waals surface area contributed by atoms with Crippen LogP contribution in [0.2, 0.25) is 5.02 Å². The van der Waals surface area contributed by atoms with Crippen LogP contribution in [0, 0.1) is 5.41 Å². The molecule has 1 aromatic carbocycles. The molecule has 2 fully saturated rings. The van der Waals surface area contributed by atoms with Gasteiger partial charge in [-0.15, -0.1) is 0 Å². The van der Waals surface area contributed by atoms with Crippen LogP contribution in [0.25, 0.3) is 0 Å². The highest BCUT2D eigenvalue weighted by Gasteiger charge is 2.49. The van der Waals surface area contributed by atoms with Crippen molar-refractivity contribution < 1.29 is 21.6 Å². The van der Waals surface area contributed by atoms with Crippen molar-refractivity contribution in [1.82, 2.24) is 0 Å². The van der Waals surface area contributed by atoms with Crippen molar-refractivity contribution in [2.75, 3.05) is 16.4 Å². The van der Waals surface area contributed by atoms with E-state index in [0.717, 1.165) is 23.9 Å². The van der Waals surface area contributed by atoms with Gasteiger partial charge in [0.05, 0.1) is 28.1 Å². The topological polar surface area (TPSA) is 61.2 Å². The van der Waals surface area contributed by atoms with E-state index in [4.69, 9.17) is 17.0 Å². The molecule has 3 rings (SSSR count). The van der Waals surface area contributed by atoms with Crippen LogP contribution in [0.1, 0.15) is 5.56 Å². The monoisotopic (exact) mass is 370 g/mol. The highest BCUT2D eigenvalue weighted by atomic mass is 35.5. The summed E-state index contributed by atoms with van der Waals surface area (Å²) in [5.74, 6) is -0.210. The summed E-state index contributed by atoms with van der Waals surface area (Å²) in [5, 5.41) is 7.24. The molecule has 2 atom stereocenters. The molecule has 0 aliphatic carbocycles. The van der Waals surface area contributed by atoms with Gasteiger partial charge in [-0.2, -0.15) is 13.2 Å². The first-order chi connectivity index (χ1) is 10.1. The molecule has 4 nitrogen and oxygen atoms in total. The van der Waals surface area contributed by atoms with E-state index in [2.05, 4.69) is 0 Å². The van der Waals surface area contributed by atoms with Crippen molar-refractivity contribution in [2.45, 2.75) is 17.5 Å². The summed E-state index contributed by atoms with van der Waals surface area (Å²) >= 11 is 6.66. The van der Waals surface area contributed by atoms with Gasteiger partial charge in [0.15, 0.2) is 15.0 Å². The fourth-order valence-corrected chi connectivity index (χ4v) is 6.71. The molecule has 1 N–H and O–H groups in total. The van der Waals surface area contributed by atoms with Crippen LogP contribution in [-0.4, -0.2) is 36.4 Å². The second-order valence-corrected chi connectivity index (χ2v) is 8.93. The molecule has 1 aromatic rings. The lowest BCUT2D eigenvalue weighted by molar-refractivity contribution is -0.137. The first-order valence-electron chi connectivity index (χ1n) is 6.20. The molecular weight excluding hydrogens is 361 g/mol. The smallest absolute Gasteiger partial charge is 0.316 e. The number of benzene rings is 1. The Balaban J connectivity index is 2.02. The zero-order valence-electron chi connectivity index (χ0n) is 10.9. The number of fused-ring (bicyclic) bond motifs is 1. The molecule has 22 heavy (non-hydrogen) atoms. The average molecular weight is 371 g/mol. The lowest BCUT2D eigenvalue weighted by atomic mass is 10.1. The molecule has 2 saturated heterocycles. The molecule has 0 aromatic heterocycles. The van der Waals surface area contributed by atoms with Crippen molar-refractivity contribution in [2.24, 2.45) is 0 Å². The number of amidine groups is 1. The number of halogens is 4. The SMILES string of the molecule is N=C1S[C@@H]2CS(=O)(=O)C[C@@H]2N1c1ccc(Cl)c(C(F)(F)F)c1. The summed E-state index contributed by atoms with van der Waals surface area (Å²) in [6.07, 6.45) is -4.61. The van der Waals surface area contributed by atoms with Crippen molar-refractivity contribution >= 4 is 44.1 Å². The van der Waals surface area contributed by atoms with Gasteiger partial charge in [-0.3, -0.25) is 5.41 Å². The Morgan fingerprint density at radius 2 is 2.00 bits per heavy atom. The Hall–Kier alpha value is -0.930. The lowest BCUT2D eigenvalue weighted by Crippen LogP contribution is -2.37. The van der Waals surface area contributed by atoms with Crippen molar-refractivity contribution in [3.05, 3.63) is 28.8 Å². The van der Waals surface area contributed by atoms with Crippen LogP contribution >= 0.6 is 23.4 Å². The van der Waals surface area contributed by atoms with Gasteiger partial charge in [-0.05, 0) is 18.2 Å². The van der Waals surface area contributed by atoms with E-state index in [1.807, 2.05) is 0 Å². The molecule has 0 saturated carbocycles. The molecular formula is C12H10ClF3N2O2S2. The predicted octanol–water partition coefficient (Wildman–Crippen LogP) is 3.01. The summed E-state index contributed by atoms with van der Waals surface area (Å²) in [5.41, 5.74) is -0.854. The molecule has 0 unspecified atom stereocenters. The first kappa shape index (κ1) is 15.9. The first-order valence-corrected chi connectivity index (χ1v) is 9.28. The van der Waals surface area contributed by atoms with E-state index in [1.165, 1.54) is 11.0 Å². The highest BCUT2D eigenvalue weighted by Crippen LogP contribution is 2.43. The zero-order valence-corrected chi connectivity index (χ0v) is 13.3. The van der Waals surface area contributed by atoms with Gasteiger partial charge >= 0.3 is 6.18 Å². The molecule has 0 bridgehead atoms. The minimum Gasteiger partial charge on any atom is -0.316 e. The quantitative estimate of drug-likeness (QED) is 0.825. The maximum Gasteiger partial charge on any atom is 0.417 e. The normalized spacial score (nSPS) is 27.3. The molecule has 2 aliphatic heterocycles. The fraction of sp³-hybridized carbons (Fsp3) is 0.417. The molecule has 2 aliphatic rings. The van der Waals surface area contributed by atoms with E-state index in [1.54, 1.807) is 0 Å². The van der Waals surface area contributed by atoms with E-state index in [0.29, 0.717) is 0 Å². The van der Waals surface area contributed by atoms with Gasteiger partial charge in [0.1, 0.15) is 0 Å². The van der Waals surface area contributed by atoms with Gasteiger partial charge < -0.3 is 4.90 Å². The van der Waals surface area contributed by atoms with Crippen LogP contribution in [0.3, 0.4) is 0 Å². The minimum absolute atomic E-state index is 0.0546. The van der Waals surface area contributed by atoms with Crippen LogP contribution in [0.4, 0.5) is 18.9 Å². The largest absolute Gasteiger partial charge is 0.417 e. The summed E-state index contributed by atoms with van der Waals surface area (Å²) in [4.78, 5) is 1.35. The number of alkyl halides is 3. The summed E-state index contributed by atoms with van der Waals surface area (Å²) < 4.78 is 62.2. The number of hydrogen-bond donors (Lipinski definition) is 1. The van der Waals surface area contributed by atoms with Gasteiger partial charge in [-0.1, -0.05) is 23.4 Å². The number of nitrogens with one attached hydrogen (secondary N) is 1. The third kappa shape index (κ3) is 2.69. The Kier molecular flexibility index (Phi) is 3.65. The van der Waals surface area contributed by atoms with Gasteiger partial charge in [-0.25, -0.2) is 8.42 Å². The Morgan fingerprint density at radius 1 is 1.32 bits per heavy atom. The summed E-state index contributed by atoms with van der Waals surface area (Å²) in [7, 11) is -3.22. The molecule has 0 spiro atoms. The maximum atomic E-state index is 12.9. The van der Waals surface area contributed by atoms with Crippen LogP contribution in [0.5, 0.6) is 0 Å². The lowest BCUT2D eigenvalue weighted by Gasteiger charge is -2.25. The molecule has 0 amide bonds. The highest BCUT2D eigenvalue weighted by molar-refractivity contribution is 8.15. The molecule has 0 radical (unpaired) electrons. The summed E-state index contributed by atoms with van der Waals surface area (Å²) in [6.45, 7) is 0. The predicted molar refractivity (Wildman–Crippen MR) is 80.5 cm³/mol.